The molecule has 2 aromatic carbocycles. The second-order valence-electron chi connectivity index (χ2n) is 6.92. The number of carbonyl (C=O) groups excluding carboxylic acids is 1. The lowest BCUT2D eigenvalue weighted by atomic mass is 9.99. The van der Waals surface area contributed by atoms with Crippen LogP contribution in [0.5, 0.6) is 11.5 Å². The van der Waals surface area contributed by atoms with E-state index in [0.717, 1.165) is 0 Å². The molecule has 0 bridgehead atoms. The summed E-state index contributed by atoms with van der Waals surface area (Å²) in [7, 11) is 0. The van der Waals surface area contributed by atoms with Crippen LogP contribution in [0.1, 0.15) is 11.1 Å². The molecule has 9 nitrogen and oxygen atoms in total. The molecule has 0 aromatic heterocycles. The van der Waals surface area contributed by atoms with E-state index in [9.17, 15) is 30.3 Å². The highest BCUT2D eigenvalue weighted by molar-refractivity contribution is 5.72. The van der Waals surface area contributed by atoms with Gasteiger partial charge in [0, 0.05) is 5.56 Å². The van der Waals surface area contributed by atoms with Crippen molar-refractivity contribution in [3.8, 4) is 11.5 Å². The second kappa shape index (κ2) is 9.88. The molecule has 1 saturated heterocycles. The summed E-state index contributed by atoms with van der Waals surface area (Å²) in [6, 6.07) is 12.6. The summed E-state index contributed by atoms with van der Waals surface area (Å²) in [5.41, 5.74) is 1.07. The fraction of sp³-hybridized carbons (Fsp3) is 0.381. The zero-order valence-electron chi connectivity index (χ0n) is 16.0. The van der Waals surface area contributed by atoms with Crippen molar-refractivity contribution >= 4 is 5.97 Å². The molecule has 0 amide bonds. The number of benzene rings is 2. The Bertz CT molecular complexity index is 839. The number of rotatable bonds is 7. The molecule has 2 aromatic rings. The van der Waals surface area contributed by atoms with Gasteiger partial charge in [-0.05, 0) is 23.8 Å². The molecule has 1 heterocycles. The molecular formula is C21H24O9. The summed E-state index contributed by atoms with van der Waals surface area (Å²) in [6.45, 7) is -0.675. The molecule has 3 rings (SSSR count). The average molecular weight is 420 g/mol. The van der Waals surface area contributed by atoms with E-state index in [1.54, 1.807) is 36.4 Å². The molecule has 9 heteroatoms. The van der Waals surface area contributed by atoms with Gasteiger partial charge in [-0.2, -0.15) is 0 Å². The van der Waals surface area contributed by atoms with Crippen LogP contribution in [0.4, 0.5) is 0 Å². The third-order valence-electron chi connectivity index (χ3n) is 4.75. The summed E-state index contributed by atoms with van der Waals surface area (Å²) >= 11 is 0. The van der Waals surface area contributed by atoms with Crippen molar-refractivity contribution in [3.63, 3.8) is 0 Å². The normalized spacial score (nSPS) is 26.2. The Hall–Kier alpha value is -2.69. The van der Waals surface area contributed by atoms with Crippen molar-refractivity contribution in [1.82, 2.24) is 0 Å². The number of para-hydroxylation sites is 1. The third-order valence-corrected chi connectivity index (χ3v) is 4.75. The molecule has 0 aliphatic carbocycles. The van der Waals surface area contributed by atoms with Gasteiger partial charge in [0.15, 0.2) is 0 Å². The summed E-state index contributed by atoms with van der Waals surface area (Å²) in [5, 5.41) is 49.2. The molecule has 1 aliphatic rings. The number of hydrogen-bond donors (Lipinski definition) is 5. The van der Waals surface area contributed by atoms with Gasteiger partial charge in [0.25, 0.3) is 0 Å². The Kier molecular flexibility index (Phi) is 7.24. The molecule has 1 aliphatic heterocycles. The van der Waals surface area contributed by atoms with Gasteiger partial charge in [-0.15, -0.1) is 0 Å². The first-order chi connectivity index (χ1) is 14.4. The van der Waals surface area contributed by atoms with Crippen LogP contribution >= 0.6 is 0 Å². The van der Waals surface area contributed by atoms with Gasteiger partial charge in [0.05, 0.1) is 13.0 Å². The molecule has 0 unspecified atom stereocenters. The Morgan fingerprint density at radius 1 is 0.967 bits per heavy atom. The fourth-order valence-corrected chi connectivity index (χ4v) is 3.03. The SMILES string of the molecule is O=C(Cc1ccc(O)cc1)OC[C@H]1O[C@@H](Oc2ccccc2CO)[C@H](O)[C@@H](O)[C@@H]1O. The summed E-state index contributed by atoms with van der Waals surface area (Å²) in [6.07, 6.45) is -7.20. The zero-order chi connectivity index (χ0) is 21.7. The van der Waals surface area contributed by atoms with Crippen LogP contribution in [-0.2, 0) is 27.3 Å². The standard InChI is InChI=1S/C21H24O9/c22-10-13-3-1-2-4-15(13)29-21-20(27)19(26)18(25)16(30-21)11-28-17(24)9-12-5-7-14(23)8-6-12/h1-8,16,18-23,25-27H,9-11H2/t16-,18-,19+,20-,21-/m1/s1. The van der Waals surface area contributed by atoms with Crippen LogP contribution in [-0.4, -0.2) is 68.8 Å². The van der Waals surface area contributed by atoms with Crippen LogP contribution in [0.15, 0.2) is 48.5 Å². The van der Waals surface area contributed by atoms with Crippen molar-refractivity contribution in [3.05, 3.63) is 59.7 Å². The number of aliphatic hydroxyl groups is 4. The third kappa shape index (κ3) is 5.26. The number of aromatic hydroxyl groups is 1. The number of carbonyl (C=O) groups is 1. The highest BCUT2D eigenvalue weighted by Crippen LogP contribution is 2.27. The van der Waals surface area contributed by atoms with Gasteiger partial charge in [-0.1, -0.05) is 30.3 Å². The molecule has 5 N–H and O–H groups in total. The van der Waals surface area contributed by atoms with E-state index in [1.807, 2.05) is 0 Å². The lowest BCUT2D eigenvalue weighted by molar-refractivity contribution is -0.278. The van der Waals surface area contributed by atoms with Gasteiger partial charge in [-0.3, -0.25) is 4.79 Å². The quantitative estimate of drug-likeness (QED) is 0.386. The maximum Gasteiger partial charge on any atom is 0.310 e. The maximum atomic E-state index is 12.1. The number of phenols is 1. The average Bonchev–Trinajstić information content (AvgIpc) is 2.75. The first-order valence-electron chi connectivity index (χ1n) is 9.37. The molecule has 5 atom stereocenters. The van der Waals surface area contributed by atoms with Crippen molar-refractivity contribution in [1.29, 1.82) is 0 Å². The Labute approximate surface area is 172 Å². The first kappa shape index (κ1) is 22.0. The highest BCUT2D eigenvalue weighted by atomic mass is 16.7. The van der Waals surface area contributed by atoms with E-state index in [2.05, 4.69) is 0 Å². The van der Waals surface area contributed by atoms with Crippen molar-refractivity contribution in [2.75, 3.05) is 6.61 Å². The lowest BCUT2D eigenvalue weighted by Crippen LogP contribution is -2.60. The zero-order valence-corrected chi connectivity index (χ0v) is 16.0. The van der Waals surface area contributed by atoms with Gasteiger partial charge in [0.1, 0.15) is 42.5 Å². The molecule has 0 spiro atoms. The number of ether oxygens (including phenoxy) is 3. The van der Waals surface area contributed by atoms with Crippen LogP contribution in [0.25, 0.3) is 0 Å². The van der Waals surface area contributed by atoms with E-state index in [4.69, 9.17) is 14.2 Å². The van der Waals surface area contributed by atoms with E-state index in [0.29, 0.717) is 11.1 Å². The van der Waals surface area contributed by atoms with Gasteiger partial charge in [-0.25, -0.2) is 0 Å². The first-order valence-corrected chi connectivity index (χ1v) is 9.37. The van der Waals surface area contributed by atoms with Crippen molar-refractivity contribution < 1.29 is 44.5 Å². The minimum atomic E-state index is -1.59. The van der Waals surface area contributed by atoms with Gasteiger partial charge in [0.2, 0.25) is 6.29 Å². The van der Waals surface area contributed by atoms with Crippen LogP contribution in [0.2, 0.25) is 0 Å². The number of hydrogen-bond acceptors (Lipinski definition) is 9. The smallest absolute Gasteiger partial charge is 0.310 e. The molecule has 0 radical (unpaired) electrons. The largest absolute Gasteiger partial charge is 0.508 e. The van der Waals surface area contributed by atoms with Crippen molar-refractivity contribution in [2.45, 2.75) is 43.7 Å². The Morgan fingerprint density at radius 3 is 2.37 bits per heavy atom. The summed E-state index contributed by atoms with van der Waals surface area (Å²) in [4.78, 5) is 12.1. The predicted molar refractivity (Wildman–Crippen MR) is 102 cm³/mol. The van der Waals surface area contributed by atoms with Crippen LogP contribution in [0.3, 0.4) is 0 Å². The highest BCUT2D eigenvalue weighted by Gasteiger charge is 2.45. The van der Waals surface area contributed by atoms with Crippen LogP contribution < -0.4 is 4.74 Å². The van der Waals surface area contributed by atoms with E-state index < -0.39 is 36.7 Å². The van der Waals surface area contributed by atoms with Gasteiger partial charge < -0.3 is 39.7 Å². The minimum Gasteiger partial charge on any atom is -0.508 e. The molecule has 30 heavy (non-hydrogen) atoms. The monoisotopic (exact) mass is 420 g/mol. The lowest BCUT2D eigenvalue weighted by Gasteiger charge is -2.40. The van der Waals surface area contributed by atoms with E-state index >= 15 is 0 Å². The molecule has 162 valence electrons. The van der Waals surface area contributed by atoms with E-state index in [-0.39, 0.29) is 31.1 Å². The maximum absolute atomic E-state index is 12.1. The summed E-state index contributed by atoms with van der Waals surface area (Å²) < 4.78 is 16.3. The summed E-state index contributed by atoms with van der Waals surface area (Å²) in [5.74, 6) is -0.275. The number of phenolic OH excluding ortho intramolecular Hbond substituents is 1. The van der Waals surface area contributed by atoms with E-state index in [1.165, 1.54) is 12.1 Å². The molecular weight excluding hydrogens is 396 g/mol. The fourth-order valence-electron chi connectivity index (χ4n) is 3.03. The topological polar surface area (TPSA) is 146 Å². The van der Waals surface area contributed by atoms with Crippen molar-refractivity contribution in [2.24, 2.45) is 0 Å². The predicted octanol–water partition coefficient (Wildman–Crippen LogP) is -0.143. The van der Waals surface area contributed by atoms with Gasteiger partial charge >= 0.3 is 5.97 Å². The Morgan fingerprint density at radius 2 is 1.67 bits per heavy atom. The van der Waals surface area contributed by atoms with Crippen LogP contribution in [0, 0.1) is 0 Å². The second-order valence-corrected chi connectivity index (χ2v) is 6.92. The molecule has 1 fully saturated rings. The molecule has 0 saturated carbocycles. The number of aliphatic hydroxyl groups excluding tert-OH is 4. The number of esters is 1. The minimum absolute atomic E-state index is 0.0575. The Balaban J connectivity index is 1.61.